The van der Waals surface area contributed by atoms with Crippen molar-refractivity contribution >= 4 is 10.9 Å². The van der Waals surface area contributed by atoms with Crippen LogP contribution in [-0.4, -0.2) is 49.9 Å². The molecule has 3 atom stereocenters. The van der Waals surface area contributed by atoms with Gasteiger partial charge in [-0.15, -0.1) is 0 Å². The van der Waals surface area contributed by atoms with E-state index in [4.69, 9.17) is 9.47 Å². The van der Waals surface area contributed by atoms with Gasteiger partial charge in [-0.05, 0) is 43.0 Å². The Morgan fingerprint density at radius 2 is 2.09 bits per heavy atom. The normalized spacial score (nSPS) is 30.6. The van der Waals surface area contributed by atoms with E-state index in [0.717, 1.165) is 26.0 Å². The Hall–Kier alpha value is -1.36. The number of piperidine rings is 1. The van der Waals surface area contributed by atoms with E-state index in [0.29, 0.717) is 12.0 Å². The lowest BCUT2D eigenvalue weighted by Gasteiger charge is -2.53. The van der Waals surface area contributed by atoms with Crippen LogP contribution in [0.2, 0.25) is 0 Å². The van der Waals surface area contributed by atoms with E-state index >= 15 is 0 Å². The Kier molecular flexibility index (Phi) is 3.52. The van der Waals surface area contributed by atoms with E-state index in [-0.39, 0.29) is 5.60 Å². The van der Waals surface area contributed by atoms with Gasteiger partial charge in [-0.25, -0.2) is 0 Å². The van der Waals surface area contributed by atoms with Gasteiger partial charge in [0.05, 0.1) is 6.61 Å². The first kappa shape index (κ1) is 15.2. The van der Waals surface area contributed by atoms with Crippen LogP contribution in [0.3, 0.4) is 0 Å². The first-order valence-electron chi connectivity index (χ1n) is 8.42. The quantitative estimate of drug-likeness (QED) is 0.871. The van der Waals surface area contributed by atoms with Crippen LogP contribution >= 0.6 is 0 Å². The molecular weight excluding hydrogens is 288 g/mol. The first-order valence-corrected chi connectivity index (χ1v) is 8.42. The number of aromatic nitrogens is 1. The molecule has 23 heavy (non-hydrogen) atoms. The lowest BCUT2D eigenvalue weighted by molar-refractivity contribution is -0.132. The van der Waals surface area contributed by atoms with E-state index in [1.807, 2.05) is 7.11 Å². The smallest absolute Gasteiger partial charge is 0.110 e. The molecule has 2 aliphatic rings. The number of rotatable bonds is 3. The van der Waals surface area contributed by atoms with Crippen molar-refractivity contribution in [1.29, 1.82) is 0 Å². The fourth-order valence-corrected chi connectivity index (χ4v) is 5.06. The van der Waals surface area contributed by atoms with Gasteiger partial charge in [0.25, 0.3) is 0 Å². The SMILES string of the molecule is COC[C@H]1CN(C)[C@@H]2Cc3cn(C)c4cccc(c34)[C@@]2(OC)C1. The molecule has 0 spiro atoms. The summed E-state index contributed by atoms with van der Waals surface area (Å²) in [6, 6.07) is 7.04. The van der Waals surface area contributed by atoms with Crippen LogP contribution < -0.4 is 0 Å². The standard InChI is InChI=1S/C19H26N2O2/c1-20-11-14-8-17-19(23-4,9-13(12-22-3)10-21(17)2)15-6-5-7-16(20)18(14)15/h5-7,11,13,17H,8-10,12H2,1-4H3/t13-,17-,19+/m1/s1. The molecule has 124 valence electrons. The Bertz CT molecular complexity index is 738. The summed E-state index contributed by atoms with van der Waals surface area (Å²) in [4.78, 5) is 2.48. The molecule has 2 aromatic rings. The minimum absolute atomic E-state index is 0.232. The summed E-state index contributed by atoms with van der Waals surface area (Å²) in [5, 5.41) is 1.40. The highest BCUT2D eigenvalue weighted by molar-refractivity contribution is 5.89. The maximum absolute atomic E-state index is 6.28. The number of hydrogen-bond acceptors (Lipinski definition) is 3. The molecule has 0 saturated carbocycles. The van der Waals surface area contributed by atoms with Crippen LogP contribution in [0, 0.1) is 5.92 Å². The summed E-state index contributed by atoms with van der Waals surface area (Å²) in [7, 11) is 8.04. The van der Waals surface area contributed by atoms with Crippen molar-refractivity contribution in [2.45, 2.75) is 24.5 Å². The average Bonchev–Trinajstić information content (AvgIpc) is 2.87. The third-order valence-electron chi connectivity index (χ3n) is 5.94. The number of likely N-dealkylation sites (N-methyl/N-ethyl adjacent to an activating group) is 1. The van der Waals surface area contributed by atoms with Crippen LogP contribution in [0.4, 0.5) is 0 Å². The van der Waals surface area contributed by atoms with Crippen molar-refractivity contribution in [3.8, 4) is 0 Å². The van der Waals surface area contributed by atoms with Gasteiger partial charge in [-0.1, -0.05) is 12.1 Å². The van der Waals surface area contributed by atoms with Gasteiger partial charge in [-0.2, -0.15) is 0 Å². The number of aryl methyl sites for hydroxylation is 1. The summed E-state index contributed by atoms with van der Waals surface area (Å²) in [6.07, 6.45) is 4.38. The van der Waals surface area contributed by atoms with Crippen molar-refractivity contribution in [2.24, 2.45) is 13.0 Å². The maximum atomic E-state index is 6.28. The molecule has 0 radical (unpaired) electrons. The fourth-order valence-electron chi connectivity index (χ4n) is 5.06. The average molecular weight is 314 g/mol. The highest BCUT2D eigenvalue weighted by Crippen LogP contribution is 2.49. The molecule has 1 aliphatic heterocycles. The molecule has 2 heterocycles. The molecular formula is C19H26N2O2. The third kappa shape index (κ3) is 2.02. The predicted molar refractivity (Wildman–Crippen MR) is 91.7 cm³/mol. The lowest BCUT2D eigenvalue weighted by Crippen LogP contribution is -2.59. The van der Waals surface area contributed by atoms with Crippen LogP contribution in [0.25, 0.3) is 10.9 Å². The first-order chi connectivity index (χ1) is 11.1. The summed E-state index contributed by atoms with van der Waals surface area (Å²) in [5.41, 5.74) is 3.89. The highest BCUT2D eigenvalue weighted by atomic mass is 16.5. The predicted octanol–water partition coefficient (Wildman–Crippen LogP) is 2.54. The molecule has 1 aromatic carbocycles. The topological polar surface area (TPSA) is 26.6 Å². The zero-order chi connectivity index (χ0) is 16.2. The number of fused-ring (bicyclic) bond motifs is 2. The second-order valence-corrected chi connectivity index (χ2v) is 7.24. The zero-order valence-corrected chi connectivity index (χ0v) is 14.5. The molecule has 0 amide bonds. The Morgan fingerprint density at radius 3 is 2.83 bits per heavy atom. The van der Waals surface area contributed by atoms with Crippen LogP contribution in [-0.2, 0) is 28.5 Å². The van der Waals surface area contributed by atoms with Gasteiger partial charge in [0.2, 0.25) is 0 Å². The van der Waals surface area contributed by atoms with Gasteiger partial charge in [0.15, 0.2) is 0 Å². The largest absolute Gasteiger partial charge is 0.384 e. The van der Waals surface area contributed by atoms with E-state index in [1.54, 1.807) is 7.11 Å². The maximum Gasteiger partial charge on any atom is 0.110 e. The Labute approximate surface area is 138 Å². The number of nitrogens with zero attached hydrogens (tertiary/aromatic N) is 2. The number of hydrogen-bond donors (Lipinski definition) is 0. The summed E-state index contributed by atoms with van der Waals surface area (Å²) < 4.78 is 14.0. The summed E-state index contributed by atoms with van der Waals surface area (Å²) in [5.74, 6) is 0.502. The zero-order valence-electron chi connectivity index (χ0n) is 14.5. The third-order valence-corrected chi connectivity index (χ3v) is 5.94. The van der Waals surface area contributed by atoms with Crippen molar-refractivity contribution in [2.75, 3.05) is 34.4 Å². The summed E-state index contributed by atoms with van der Waals surface area (Å²) in [6.45, 7) is 1.86. The number of ether oxygens (including phenoxy) is 2. The Balaban J connectivity index is 1.92. The minimum atomic E-state index is -0.232. The van der Waals surface area contributed by atoms with Crippen molar-refractivity contribution in [3.05, 3.63) is 35.5 Å². The van der Waals surface area contributed by atoms with Crippen molar-refractivity contribution in [3.63, 3.8) is 0 Å². The van der Waals surface area contributed by atoms with E-state index in [1.165, 1.54) is 22.0 Å². The number of methoxy groups -OCH3 is 2. The fraction of sp³-hybridized carbons (Fsp3) is 0.579. The molecule has 1 fully saturated rings. The Morgan fingerprint density at radius 1 is 1.26 bits per heavy atom. The molecule has 4 heteroatoms. The monoisotopic (exact) mass is 314 g/mol. The molecule has 0 unspecified atom stereocenters. The van der Waals surface area contributed by atoms with Gasteiger partial charge >= 0.3 is 0 Å². The van der Waals surface area contributed by atoms with Crippen molar-refractivity contribution < 1.29 is 9.47 Å². The van der Waals surface area contributed by atoms with Gasteiger partial charge in [-0.3, -0.25) is 4.90 Å². The van der Waals surface area contributed by atoms with Crippen LogP contribution in [0.5, 0.6) is 0 Å². The number of benzene rings is 1. The second kappa shape index (κ2) is 5.33. The molecule has 1 aliphatic carbocycles. The molecule has 1 saturated heterocycles. The van der Waals surface area contributed by atoms with Gasteiger partial charge in [0, 0.05) is 51.0 Å². The molecule has 0 bridgehead atoms. The molecule has 4 nitrogen and oxygen atoms in total. The van der Waals surface area contributed by atoms with Gasteiger partial charge < -0.3 is 14.0 Å². The lowest BCUT2D eigenvalue weighted by atomic mass is 9.69. The minimum Gasteiger partial charge on any atom is -0.384 e. The molecule has 4 rings (SSSR count). The second-order valence-electron chi connectivity index (χ2n) is 7.24. The van der Waals surface area contributed by atoms with Crippen molar-refractivity contribution in [1.82, 2.24) is 9.47 Å². The molecule has 1 aromatic heterocycles. The molecule has 0 N–H and O–H groups in total. The van der Waals surface area contributed by atoms with Gasteiger partial charge in [0.1, 0.15) is 5.60 Å². The van der Waals surface area contributed by atoms with E-state index in [2.05, 4.69) is 48.0 Å². The van der Waals surface area contributed by atoms with Crippen LogP contribution in [0.15, 0.2) is 24.4 Å². The van der Waals surface area contributed by atoms with E-state index in [9.17, 15) is 0 Å². The highest BCUT2D eigenvalue weighted by Gasteiger charge is 2.51. The number of likely N-dealkylation sites (tertiary alicyclic amines) is 1. The van der Waals surface area contributed by atoms with Crippen LogP contribution in [0.1, 0.15) is 17.5 Å². The van der Waals surface area contributed by atoms with E-state index < -0.39 is 0 Å². The summed E-state index contributed by atoms with van der Waals surface area (Å²) >= 11 is 0.